The number of hydrogen-bond acceptors (Lipinski definition) is 2. The van der Waals surface area contributed by atoms with Crippen LogP contribution < -0.4 is 0 Å². The third-order valence-electron chi connectivity index (χ3n) is 3.28. The lowest BCUT2D eigenvalue weighted by Crippen LogP contribution is -2.12. The van der Waals surface area contributed by atoms with Crippen LogP contribution in [-0.4, -0.2) is 15.6 Å². The van der Waals surface area contributed by atoms with Crippen molar-refractivity contribution < 1.29 is 4.79 Å². The summed E-state index contributed by atoms with van der Waals surface area (Å²) in [5.74, 6) is 0.481. The highest BCUT2D eigenvalue weighted by molar-refractivity contribution is 9.10. The molecule has 0 aliphatic carbocycles. The van der Waals surface area contributed by atoms with E-state index in [1.807, 2.05) is 24.3 Å². The number of ketones is 1. The number of rotatable bonds is 5. The molecule has 0 amide bonds. The van der Waals surface area contributed by atoms with Crippen LogP contribution in [0.3, 0.4) is 0 Å². The summed E-state index contributed by atoms with van der Waals surface area (Å²) in [6, 6.07) is 7.83. The SMILES string of the molecule is CCCn1ncc(Br)c1C(=O)c1ccc(C(C)C)cc1. The number of carbonyl (C=O) groups is 1. The van der Waals surface area contributed by atoms with Crippen LogP contribution in [-0.2, 0) is 6.54 Å². The van der Waals surface area contributed by atoms with Crippen molar-refractivity contribution in [3.05, 3.63) is 51.8 Å². The molecule has 106 valence electrons. The van der Waals surface area contributed by atoms with E-state index in [1.165, 1.54) is 5.56 Å². The molecule has 0 aliphatic heterocycles. The molecular weight excluding hydrogens is 316 g/mol. The number of aromatic nitrogens is 2. The average molecular weight is 335 g/mol. The lowest BCUT2D eigenvalue weighted by Gasteiger charge is -2.08. The lowest BCUT2D eigenvalue weighted by molar-refractivity contribution is 0.102. The lowest BCUT2D eigenvalue weighted by atomic mass is 10.00. The van der Waals surface area contributed by atoms with Crippen molar-refractivity contribution in [3.8, 4) is 0 Å². The summed E-state index contributed by atoms with van der Waals surface area (Å²) in [4.78, 5) is 12.6. The van der Waals surface area contributed by atoms with Crippen molar-refractivity contribution in [1.82, 2.24) is 9.78 Å². The number of hydrogen-bond donors (Lipinski definition) is 0. The number of halogens is 1. The van der Waals surface area contributed by atoms with Crippen LogP contribution in [0.2, 0.25) is 0 Å². The van der Waals surface area contributed by atoms with Crippen molar-refractivity contribution in [2.45, 2.75) is 39.7 Å². The van der Waals surface area contributed by atoms with Gasteiger partial charge in [0.1, 0.15) is 5.69 Å². The molecule has 1 aromatic carbocycles. The molecule has 1 heterocycles. The summed E-state index contributed by atoms with van der Waals surface area (Å²) >= 11 is 3.42. The van der Waals surface area contributed by atoms with E-state index in [-0.39, 0.29) is 5.78 Å². The van der Waals surface area contributed by atoms with Gasteiger partial charge in [-0.15, -0.1) is 0 Å². The highest BCUT2D eigenvalue weighted by Crippen LogP contribution is 2.22. The topological polar surface area (TPSA) is 34.9 Å². The summed E-state index contributed by atoms with van der Waals surface area (Å²) in [5.41, 5.74) is 2.57. The molecule has 1 aromatic heterocycles. The largest absolute Gasteiger partial charge is 0.287 e. The fraction of sp³-hybridized carbons (Fsp3) is 0.375. The molecule has 0 saturated carbocycles. The van der Waals surface area contributed by atoms with Gasteiger partial charge in [-0.1, -0.05) is 45.0 Å². The Kier molecular flexibility index (Phi) is 4.76. The molecule has 2 rings (SSSR count). The van der Waals surface area contributed by atoms with Crippen LogP contribution in [0.15, 0.2) is 34.9 Å². The van der Waals surface area contributed by atoms with Gasteiger partial charge in [0.2, 0.25) is 5.78 Å². The maximum absolute atomic E-state index is 12.6. The third kappa shape index (κ3) is 3.01. The minimum atomic E-state index is 0.0122. The summed E-state index contributed by atoms with van der Waals surface area (Å²) in [6.45, 7) is 7.10. The second-order valence-corrected chi connectivity index (χ2v) is 6.02. The summed E-state index contributed by atoms with van der Waals surface area (Å²) in [6.07, 6.45) is 2.63. The van der Waals surface area contributed by atoms with Gasteiger partial charge in [0, 0.05) is 12.1 Å². The first kappa shape index (κ1) is 15.0. The first-order valence-electron chi connectivity index (χ1n) is 6.90. The van der Waals surface area contributed by atoms with Gasteiger partial charge < -0.3 is 0 Å². The first-order valence-corrected chi connectivity index (χ1v) is 7.69. The number of carbonyl (C=O) groups excluding carboxylic acids is 1. The van der Waals surface area contributed by atoms with Gasteiger partial charge in [-0.3, -0.25) is 9.48 Å². The molecule has 2 aromatic rings. The van der Waals surface area contributed by atoms with Crippen molar-refractivity contribution in [2.75, 3.05) is 0 Å². The van der Waals surface area contributed by atoms with E-state index in [0.29, 0.717) is 17.2 Å². The summed E-state index contributed by atoms with van der Waals surface area (Å²) in [5, 5.41) is 4.25. The summed E-state index contributed by atoms with van der Waals surface area (Å²) < 4.78 is 2.52. The molecule has 3 nitrogen and oxygen atoms in total. The van der Waals surface area contributed by atoms with Gasteiger partial charge in [0.15, 0.2) is 0 Å². The number of benzene rings is 1. The van der Waals surface area contributed by atoms with Crippen molar-refractivity contribution in [1.29, 1.82) is 0 Å². The zero-order valence-corrected chi connectivity index (χ0v) is 13.6. The van der Waals surface area contributed by atoms with E-state index >= 15 is 0 Å². The summed E-state index contributed by atoms with van der Waals surface area (Å²) in [7, 11) is 0. The zero-order valence-electron chi connectivity index (χ0n) is 12.1. The monoisotopic (exact) mass is 334 g/mol. The van der Waals surface area contributed by atoms with Crippen LogP contribution in [0.25, 0.3) is 0 Å². The van der Waals surface area contributed by atoms with E-state index in [0.717, 1.165) is 17.4 Å². The zero-order chi connectivity index (χ0) is 14.7. The Hall–Kier alpha value is -1.42. The van der Waals surface area contributed by atoms with Crippen molar-refractivity contribution >= 4 is 21.7 Å². The van der Waals surface area contributed by atoms with E-state index in [2.05, 4.69) is 41.8 Å². The van der Waals surface area contributed by atoms with Gasteiger partial charge in [-0.25, -0.2) is 0 Å². The predicted octanol–water partition coefficient (Wildman–Crippen LogP) is 4.41. The maximum atomic E-state index is 12.6. The van der Waals surface area contributed by atoms with Gasteiger partial charge >= 0.3 is 0 Å². The van der Waals surface area contributed by atoms with Crippen LogP contribution in [0.1, 0.15) is 54.7 Å². The Balaban J connectivity index is 2.33. The highest BCUT2D eigenvalue weighted by atomic mass is 79.9. The molecule has 0 fully saturated rings. The van der Waals surface area contributed by atoms with E-state index < -0.39 is 0 Å². The predicted molar refractivity (Wildman–Crippen MR) is 84.2 cm³/mol. The quantitative estimate of drug-likeness (QED) is 0.759. The van der Waals surface area contributed by atoms with Crippen molar-refractivity contribution in [2.24, 2.45) is 0 Å². The molecule has 0 saturated heterocycles. The van der Waals surface area contributed by atoms with Crippen LogP contribution in [0, 0.1) is 0 Å². The Bertz CT molecular complexity index is 599. The minimum Gasteiger partial charge on any atom is -0.287 e. The second kappa shape index (κ2) is 6.35. The fourth-order valence-corrected chi connectivity index (χ4v) is 2.60. The fourth-order valence-electron chi connectivity index (χ4n) is 2.13. The highest BCUT2D eigenvalue weighted by Gasteiger charge is 2.18. The Labute approximate surface area is 128 Å². The van der Waals surface area contributed by atoms with Gasteiger partial charge in [-0.05, 0) is 33.8 Å². The Morgan fingerprint density at radius 1 is 1.30 bits per heavy atom. The Morgan fingerprint density at radius 2 is 1.95 bits per heavy atom. The standard InChI is InChI=1S/C16H19BrN2O/c1-4-9-19-15(14(17)10-18-19)16(20)13-7-5-12(6-8-13)11(2)3/h5-8,10-11H,4,9H2,1-3H3. The molecule has 4 heteroatoms. The molecule has 0 N–H and O–H groups in total. The van der Waals surface area contributed by atoms with Gasteiger partial charge in [-0.2, -0.15) is 5.10 Å². The molecule has 0 spiro atoms. The number of nitrogens with zero attached hydrogens (tertiary/aromatic N) is 2. The molecule has 0 unspecified atom stereocenters. The average Bonchev–Trinajstić information content (AvgIpc) is 2.79. The van der Waals surface area contributed by atoms with Gasteiger partial charge in [0.25, 0.3) is 0 Å². The Morgan fingerprint density at radius 3 is 2.50 bits per heavy atom. The van der Waals surface area contributed by atoms with E-state index in [1.54, 1.807) is 10.9 Å². The van der Waals surface area contributed by atoms with Crippen molar-refractivity contribution in [3.63, 3.8) is 0 Å². The van der Waals surface area contributed by atoms with Crippen LogP contribution in [0.5, 0.6) is 0 Å². The smallest absolute Gasteiger partial charge is 0.212 e. The number of aryl methyl sites for hydroxylation is 1. The van der Waals surface area contributed by atoms with Crippen LogP contribution in [0.4, 0.5) is 0 Å². The molecule has 0 atom stereocenters. The maximum Gasteiger partial charge on any atom is 0.212 e. The molecule has 0 radical (unpaired) electrons. The second-order valence-electron chi connectivity index (χ2n) is 5.17. The molecule has 20 heavy (non-hydrogen) atoms. The van der Waals surface area contributed by atoms with Crippen LogP contribution >= 0.6 is 15.9 Å². The van der Waals surface area contributed by atoms with E-state index in [9.17, 15) is 4.79 Å². The minimum absolute atomic E-state index is 0.0122. The third-order valence-corrected chi connectivity index (χ3v) is 3.87. The molecule has 0 bridgehead atoms. The van der Waals surface area contributed by atoms with Gasteiger partial charge in [0.05, 0.1) is 10.7 Å². The normalized spacial score (nSPS) is 11.1. The molecule has 0 aliphatic rings. The first-order chi connectivity index (χ1) is 9.54. The molecular formula is C16H19BrN2O. The van der Waals surface area contributed by atoms with E-state index in [4.69, 9.17) is 0 Å².